The molecule has 1 aliphatic carbocycles. The fourth-order valence-corrected chi connectivity index (χ4v) is 3.81. The number of rotatable bonds is 5. The van der Waals surface area contributed by atoms with Crippen LogP contribution < -0.4 is 10.1 Å². The molecule has 1 heterocycles. The van der Waals surface area contributed by atoms with Gasteiger partial charge in [-0.2, -0.15) is 0 Å². The molecule has 0 radical (unpaired) electrons. The second-order valence-electron chi connectivity index (χ2n) is 7.23. The summed E-state index contributed by atoms with van der Waals surface area (Å²) in [4.78, 5) is 14.2. The summed E-state index contributed by atoms with van der Waals surface area (Å²) in [7, 11) is 1.72. The smallest absolute Gasteiger partial charge is 0.225 e. The molecule has 1 aliphatic heterocycles. The molecule has 1 amide bonds. The number of hydrogen-bond donors (Lipinski definition) is 1. The number of likely N-dealkylation sites (tertiary alicyclic amines) is 1. The number of hydrogen-bond acceptors (Lipinski definition) is 3. The minimum atomic E-state index is 0. The van der Waals surface area contributed by atoms with Crippen molar-refractivity contribution in [3.63, 3.8) is 0 Å². The molecule has 2 aromatic rings. The minimum absolute atomic E-state index is 0. The van der Waals surface area contributed by atoms with Crippen LogP contribution in [-0.2, 0) is 11.3 Å². The van der Waals surface area contributed by atoms with Crippen LogP contribution in [0.5, 0.6) is 5.75 Å². The van der Waals surface area contributed by atoms with E-state index in [9.17, 15) is 4.79 Å². The third-order valence-corrected chi connectivity index (χ3v) is 5.51. The zero-order chi connectivity index (χ0) is 17.2. The number of carbonyl (C=O) groups is 1. The lowest BCUT2D eigenvalue weighted by Gasteiger charge is -2.32. The van der Waals surface area contributed by atoms with Crippen LogP contribution in [0.25, 0.3) is 10.8 Å². The first kappa shape index (κ1) is 19.0. The predicted octanol–water partition coefficient (Wildman–Crippen LogP) is 3.76. The Morgan fingerprint density at radius 3 is 2.42 bits per heavy atom. The Hall–Kier alpha value is -1.78. The number of benzene rings is 2. The Balaban J connectivity index is 0.00000196. The van der Waals surface area contributed by atoms with Gasteiger partial charge in [-0.15, -0.1) is 12.4 Å². The number of carbonyl (C=O) groups excluding carboxylic acids is 1. The van der Waals surface area contributed by atoms with Crippen molar-refractivity contribution in [2.24, 2.45) is 5.92 Å². The summed E-state index contributed by atoms with van der Waals surface area (Å²) in [5.74, 6) is 1.65. The number of ether oxygens (including phenoxy) is 1. The van der Waals surface area contributed by atoms with E-state index in [4.69, 9.17) is 4.74 Å². The highest BCUT2D eigenvalue weighted by molar-refractivity contribution is 5.91. The molecule has 2 aliphatic rings. The molecule has 0 unspecified atom stereocenters. The van der Waals surface area contributed by atoms with E-state index in [1.807, 2.05) is 0 Å². The van der Waals surface area contributed by atoms with Crippen molar-refractivity contribution < 1.29 is 9.53 Å². The van der Waals surface area contributed by atoms with Gasteiger partial charge in [0.2, 0.25) is 5.91 Å². The van der Waals surface area contributed by atoms with Crippen molar-refractivity contribution in [2.45, 2.75) is 38.3 Å². The number of methoxy groups -OCH3 is 1. The summed E-state index contributed by atoms with van der Waals surface area (Å²) < 4.78 is 5.48. The predicted molar refractivity (Wildman–Crippen MR) is 107 cm³/mol. The van der Waals surface area contributed by atoms with E-state index in [-0.39, 0.29) is 12.4 Å². The Bertz CT molecular complexity index is 768. The van der Waals surface area contributed by atoms with E-state index in [1.165, 1.54) is 10.9 Å². The number of amides is 1. The molecule has 5 heteroatoms. The number of nitrogens with zero attached hydrogens (tertiary/aromatic N) is 1. The van der Waals surface area contributed by atoms with Gasteiger partial charge in [0.25, 0.3) is 0 Å². The van der Waals surface area contributed by atoms with E-state index < -0.39 is 0 Å². The Kier molecular flexibility index (Phi) is 6.05. The van der Waals surface area contributed by atoms with Gasteiger partial charge in [-0.3, -0.25) is 4.79 Å². The SMILES string of the molecule is COc1ccc(CNC2CCN(C(=O)C3CC3)CC2)c2ccccc12.Cl. The van der Waals surface area contributed by atoms with Crippen LogP contribution in [0.2, 0.25) is 0 Å². The molecular formula is C21H27ClN2O2. The lowest BCUT2D eigenvalue weighted by molar-refractivity contribution is -0.133. The van der Waals surface area contributed by atoms with Crippen LogP contribution in [0.1, 0.15) is 31.2 Å². The van der Waals surface area contributed by atoms with Gasteiger partial charge in [0.05, 0.1) is 7.11 Å². The molecule has 4 rings (SSSR count). The zero-order valence-electron chi connectivity index (χ0n) is 15.2. The highest BCUT2D eigenvalue weighted by Crippen LogP contribution is 2.32. The van der Waals surface area contributed by atoms with Gasteiger partial charge in [-0.1, -0.05) is 30.3 Å². The molecule has 1 saturated carbocycles. The summed E-state index contributed by atoms with van der Waals surface area (Å²) >= 11 is 0. The fourth-order valence-electron chi connectivity index (χ4n) is 3.81. The number of piperidine rings is 1. The average Bonchev–Trinajstić information content (AvgIpc) is 3.51. The quantitative estimate of drug-likeness (QED) is 0.866. The molecule has 26 heavy (non-hydrogen) atoms. The molecule has 0 atom stereocenters. The summed E-state index contributed by atoms with van der Waals surface area (Å²) in [6.07, 6.45) is 4.29. The van der Waals surface area contributed by atoms with Crippen LogP contribution in [-0.4, -0.2) is 37.0 Å². The van der Waals surface area contributed by atoms with Crippen molar-refractivity contribution in [1.29, 1.82) is 0 Å². The third kappa shape index (κ3) is 3.97. The van der Waals surface area contributed by atoms with E-state index in [1.54, 1.807) is 7.11 Å². The van der Waals surface area contributed by atoms with Crippen LogP contribution in [0.3, 0.4) is 0 Å². The highest BCUT2D eigenvalue weighted by Gasteiger charge is 2.34. The molecule has 0 aromatic heterocycles. The maximum Gasteiger partial charge on any atom is 0.225 e. The van der Waals surface area contributed by atoms with Gasteiger partial charge < -0.3 is 15.0 Å². The fraction of sp³-hybridized carbons (Fsp3) is 0.476. The van der Waals surface area contributed by atoms with Crippen LogP contribution >= 0.6 is 12.4 Å². The normalized spacial score (nSPS) is 17.8. The summed E-state index contributed by atoms with van der Waals surface area (Å²) in [5, 5.41) is 6.10. The molecule has 4 nitrogen and oxygen atoms in total. The summed E-state index contributed by atoms with van der Waals surface area (Å²) in [6.45, 7) is 2.65. The first-order valence-electron chi connectivity index (χ1n) is 9.33. The molecule has 2 fully saturated rings. The molecule has 0 spiro atoms. The van der Waals surface area contributed by atoms with E-state index in [2.05, 4.69) is 46.6 Å². The van der Waals surface area contributed by atoms with Crippen LogP contribution in [0.15, 0.2) is 36.4 Å². The topological polar surface area (TPSA) is 41.6 Å². The minimum Gasteiger partial charge on any atom is -0.496 e. The second-order valence-corrected chi connectivity index (χ2v) is 7.23. The number of nitrogens with one attached hydrogen (secondary N) is 1. The molecule has 2 aromatic carbocycles. The molecular weight excluding hydrogens is 348 g/mol. The second kappa shape index (κ2) is 8.28. The maximum absolute atomic E-state index is 12.1. The van der Waals surface area contributed by atoms with Crippen LogP contribution in [0, 0.1) is 5.92 Å². The largest absolute Gasteiger partial charge is 0.496 e. The van der Waals surface area contributed by atoms with E-state index in [0.717, 1.165) is 56.5 Å². The zero-order valence-corrected chi connectivity index (χ0v) is 16.1. The molecule has 0 bridgehead atoms. The van der Waals surface area contributed by atoms with Gasteiger partial charge in [-0.05, 0) is 42.7 Å². The van der Waals surface area contributed by atoms with Gasteiger partial charge in [-0.25, -0.2) is 0 Å². The monoisotopic (exact) mass is 374 g/mol. The Morgan fingerprint density at radius 1 is 1.08 bits per heavy atom. The number of fused-ring (bicyclic) bond motifs is 1. The Labute approximate surface area is 161 Å². The molecule has 1 saturated heterocycles. The van der Waals surface area contributed by atoms with Gasteiger partial charge in [0.15, 0.2) is 0 Å². The van der Waals surface area contributed by atoms with Crippen LogP contribution in [0.4, 0.5) is 0 Å². The maximum atomic E-state index is 12.1. The van der Waals surface area contributed by atoms with E-state index in [0.29, 0.717) is 17.9 Å². The first-order valence-corrected chi connectivity index (χ1v) is 9.33. The van der Waals surface area contributed by atoms with Gasteiger partial charge in [0.1, 0.15) is 5.75 Å². The van der Waals surface area contributed by atoms with Crippen molar-refractivity contribution >= 4 is 29.1 Å². The van der Waals surface area contributed by atoms with Gasteiger partial charge in [0, 0.05) is 37.0 Å². The number of halogens is 1. The highest BCUT2D eigenvalue weighted by atomic mass is 35.5. The van der Waals surface area contributed by atoms with Crippen molar-refractivity contribution in [3.8, 4) is 5.75 Å². The summed E-state index contributed by atoms with van der Waals surface area (Å²) in [5.41, 5.74) is 1.30. The summed E-state index contributed by atoms with van der Waals surface area (Å²) in [6, 6.07) is 13.1. The van der Waals surface area contributed by atoms with Gasteiger partial charge >= 0.3 is 0 Å². The van der Waals surface area contributed by atoms with Crippen molar-refractivity contribution in [1.82, 2.24) is 10.2 Å². The lowest BCUT2D eigenvalue weighted by atomic mass is 10.0. The standard InChI is InChI=1S/C21H26N2O2.ClH/c1-25-20-9-8-16(18-4-2-3-5-19(18)20)14-22-17-10-12-23(13-11-17)21(24)15-6-7-15;/h2-5,8-9,15,17,22H,6-7,10-14H2,1H3;1H. The van der Waals surface area contributed by atoms with E-state index >= 15 is 0 Å². The third-order valence-electron chi connectivity index (χ3n) is 5.51. The van der Waals surface area contributed by atoms with Crippen molar-refractivity contribution in [2.75, 3.05) is 20.2 Å². The Morgan fingerprint density at radius 2 is 1.77 bits per heavy atom. The lowest BCUT2D eigenvalue weighted by Crippen LogP contribution is -2.45. The molecule has 1 N–H and O–H groups in total. The van der Waals surface area contributed by atoms with Crippen molar-refractivity contribution in [3.05, 3.63) is 42.0 Å². The average molecular weight is 375 g/mol. The molecule has 140 valence electrons. The first-order chi connectivity index (χ1) is 12.3.